The van der Waals surface area contributed by atoms with Crippen molar-refractivity contribution >= 4 is 0 Å². The van der Waals surface area contributed by atoms with Crippen molar-refractivity contribution in [3.8, 4) is 0 Å². The molecule has 2 aromatic rings. The van der Waals surface area contributed by atoms with Gasteiger partial charge in [0.2, 0.25) is 0 Å². The number of benzene rings is 1. The summed E-state index contributed by atoms with van der Waals surface area (Å²) in [6.07, 6.45) is 4.62. The molecule has 88 valence electrons. The van der Waals surface area contributed by atoms with Gasteiger partial charge in [0, 0.05) is 12.4 Å². The van der Waals surface area contributed by atoms with E-state index < -0.39 is 0 Å². The molecule has 2 rings (SSSR count). The van der Waals surface area contributed by atoms with Gasteiger partial charge >= 0.3 is 0 Å². The molecule has 17 heavy (non-hydrogen) atoms. The Morgan fingerprint density at radius 2 is 1.76 bits per heavy atom. The molecule has 1 atom stereocenters. The van der Waals surface area contributed by atoms with Crippen LogP contribution in [-0.2, 0) is 6.42 Å². The number of likely N-dealkylation sites (N-methyl/N-ethyl adjacent to an activating group) is 1. The third-order valence-electron chi connectivity index (χ3n) is 2.74. The van der Waals surface area contributed by atoms with Gasteiger partial charge < -0.3 is 5.32 Å². The molecule has 1 unspecified atom stereocenters. The van der Waals surface area contributed by atoms with Crippen molar-refractivity contribution < 1.29 is 0 Å². The van der Waals surface area contributed by atoms with Gasteiger partial charge in [0.05, 0.1) is 6.04 Å². The Morgan fingerprint density at radius 3 is 2.35 bits per heavy atom. The summed E-state index contributed by atoms with van der Waals surface area (Å²) in [7, 11) is 1.94. The first-order valence-electron chi connectivity index (χ1n) is 5.79. The molecule has 3 heteroatoms. The van der Waals surface area contributed by atoms with Crippen molar-refractivity contribution in [1.29, 1.82) is 0 Å². The fourth-order valence-corrected chi connectivity index (χ4v) is 1.75. The van der Waals surface area contributed by atoms with Crippen molar-refractivity contribution in [1.82, 2.24) is 15.3 Å². The van der Waals surface area contributed by atoms with Gasteiger partial charge in [-0.3, -0.25) is 0 Å². The lowest BCUT2D eigenvalue weighted by atomic mass is 10.1. The Balaban J connectivity index is 2.14. The van der Waals surface area contributed by atoms with Crippen LogP contribution in [0.25, 0.3) is 0 Å². The molecule has 0 fully saturated rings. The zero-order chi connectivity index (χ0) is 12.1. The summed E-state index contributed by atoms with van der Waals surface area (Å²) < 4.78 is 0. The van der Waals surface area contributed by atoms with Crippen LogP contribution in [0.3, 0.4) is 0 Å². The van der Waals surface area contributed by atoms with Crippen LogP contribution < -0.4 is 5.32 Å². The molecule has 3 nitrogen and oxygen atoms in total. The fourth-order valence-electron chi connectivity index (χ4n) is 1.75. The number of aryl methyl sites for hydroxylation is 1. The second-order valence-corrected chi connectivity index (χ2v) is 4.15. The molecule has 0 amide bonds. The van der Waals surface area contributed by atoms with E-state index in [9.17, 15) is 0 Å². The summed E-state index contributed by atoms with van der Waals surface area (Å²) in [5.74, 6) is 0.849. The highest BCUT2D eigenvalue weighted by atomic mass is 15.0. The van der Waals surface area contributed by atoms with Gasteiger partial charge in [0.1, 0.15) is 5.82 Å². The monoisotopic (exact) mass is 227 g/mol. The molecular formula is C14H17N3. The highest BCUT2D eigenvalue weighted by Crippen LogP contribution is 2.14. The second kappa shape index (κ2) is 5.55. The Labute approximate surface area is 102 Å². The van der Waals surface area contributed by atoms with Crippen LogP contribution in [-0.4, -0.2) is 17.0 Å². The molecule has 0 aliphatic rings. The summed E-state index contributed by atoms with van der Waals surface area (Å²) in [4.78, 5) is 8.74. The van der Waals surface area contributed by atoms with E-state index in [1.807, 2.05) is 32.4 Å². The molecule has 0 aliphatic carbocycles. The van der Waals surface area contributed by atoms with Gasteiger partial charge in [-0.1, -0.05) is 30.3 Å². The topological polar surface area (TPSA) is 37.8 Å². The van der Waals surface area contributed by atoms with E-state index in [0.29, 0.717) is 0 Å². The fraction of sp³-hybridized carbons (Fsp3) is 0.286. The summed E-state index contributed by atoms with van der Waals surface area (Å²) >= 11 is 0. The van der Waals surface area contributed by atoms with Gasteiger partial charge in [-0.15, -0.1) is 0 Å². The molecule has 1 heterocycles. The second-order valence-electron chi connectivity index (χ2n) is 4.15. The van der Waals surface area contributed by atoms with Gasteiger partial charge in [0.25, 0.3) is 0 Å². The maximum absolute atomic E-state index is 4.37. The minimum absolute atomic E-state index is 0.165. The molecule has 1 aromatic carbocycles. The summed E-state index contributed by atoms with van der Waals surface area (Å²) in [5, 5.41) is 3.26. The first-order chi connectivity index (χ1) is 8.29. The number of hydrogen-bond donors (Lipinski definition) is 1. The first kappa shape index (κ1) is 11.7. The van der Waals surface area contributed by atoms with Crippen molar-refractivity contribution in [2.24, 2.45) is 0 Å². The maximum atomic E-state index is 4.37. The van der Waals surface area contributed by atoms with Crippen LogP contribution in [0.15, 0.2) is 42.7 Å². The predicted octanol–water partition coefficient (Wildman–Crippen LogP) is 2.29. The minimum Gasteiger partial charge on any atom is -0.310 e. The number of nitrogens with one attached hydrogen (secondary N) is 1. The number of aromatic nitrogens is 2. The first-order valence-corrected chi connectivity index (χ1v) is 5.79. The zero-order valence-electron chi connectivity index (χ0n) is 10.2. The van der Waals surface area contributed by atoms with E-state index in [-0.39, 0.29) is 6.04 Å². The molecule has 1 N–H and O–H groups in total. The summed E-state index contributed by atoms with van der Waals surface area (Å²) in [5.41, 5.74) is 2.37. The van der Waals surface area contributed by atoms with Crippen LogP contribution in [0.2, 0.25) is 0 Å². The van der Waals surface area contributed by atoms with E-state index in [0.717, 1.165) is 17.8 Å². The molecule has 0 saturated carbocycles. The van der Waals surface area contributed by atoms with Gasteiger partial charge in [-0.25, -0.2) is 9.97 Å². The van der Waals surface area contributed by atoms with Crippen molar-refractivity contribution in [3.05, 3.63) is 59.7 Å². The summed E-state index contributed by atoms with van der Waals surface area (Å²) in [6.45, 7) is 2.00. The largest absolute Gasteiger partial charge is 0.310 e. The maximum Gasteiger partial charge on any atom is 0.145 e. The number of rotatable bonds is 4. The number of hydrogen-bond acceptors (Lipinski definition) is 3. The average Bonchev–Trinajstić information content (AvgIpc) is 2.38. The van der Waals surface area contributed by atoms with Crippen LogP contribution in [0.4, 0.5) is 0 Å². The Bertz CT molecular complexity index is 451. The highest BCUT2D eigenvalue weighted by molar-refractivity contribution is 5.17. The molecule has 0 saturated heterocycles. The Hall–Kier alpha value is -1.74. The lowest BCUT2D eigenvalue weighted by molar-refractivity contribution is 0.556. The quantitative estimate of drug-likeness (QED) is 0.870. The number of nitrogens with zero attached hydrogens (tertiary/aromatic N) is 2. The van der Waals surface area contributed by atoms with Gasteiger partial charge in [-0.2, -0.15) is 0 Å². The van der Waals surface area contributed by atoms with E-state index in [2.05, 4.69) is 39.6 Å². The van der Waals surface area contributed by atoms with Crippen molar-refractivity contribution in [2.45, 2.75) is 19.4 Å². The SMILES string of the molecule is CNC(Cc1ccccc1)c1ncc(C)cn1. The van der Waals surface area contributed by atoms with Crippen LogP contribution in [0.1, 0.15) is 23.0 Å². The smallest absolute Gasteiger partial charge is 0.145 e. The molecule has 0 aliphatic heterocycles. The van der Waals surface area contributed by atoms with E-state index >= 15 is 0 Å². The van der Waals surface area contributed by atoms with Gasteiger partial charge in [0.15, 0.2) is 0 Å². The molecule has 0 radical (unpaired) electrons. The standard InChI is InChI=1S/C14H17N3/c1-11-9-16-14(17-10-11)13(15-2)8-12-6-4-3-5-7-12/h3-7,9-10,13,15H,8H2,1-2H3. The zero-order valence-corrected chi connectivity index (χ0v) is 10.2. The third-order valence-corrected chi connectivity index (χ3v) is 2.74. The normalized spacial score (nSPS) is 12.4. The van der Waals surface area contributed by atoms with E-state index in [1.165, 1.54) is 5.56 Å². The van der Waals surface area contributed by atoms with E-state index in [1.54, 1.807) is 0 Å². The third kappa shape index (κ3) is 3.11. The Kier molecular flexibility index (Phi) is 3.83. The molecule has 0 spiro atoms. The average molecular weight is 227 g/mol. The van der Waals surface area contributed by atoms with Crippen LogP contribution in [0.5, 0.6) is 0 Å². The molecular weight excluding hydrogens is 210 g/mol. The predicted molar refractivity (Wildman–Crippen MR) is 68.7 cm³/mol. The van der Waals surface area contributed by atoms with Crippen molar-refractivity contribution in [2.75, 3.05) is 7.05 Å². The molecule has 0 bridgehead atoms. The lowest BCUT2D eigenvalue weighted by Crippen LogP contribution is -2.21. The van der Waals surface area contributed by atoms with Crippen LogP contribution >= 0.6 is 0 Å². The highest BCUT2D eigenvalue weighted by Gasteiger charge is 2.12. The summed E-state index contributed by atoms with van der Waals surface area (Å²) in [6, 6.07) is 10.5. The molecule has 1 aromatic heterocycles. The van der Waals surface area contributed by atoms with Gasteiger partial charge in [-0.05, 0) is 31.5 Å². The minimum atomic E-state index is 0.165. The lowest BCUT2D eigenvalue weighted by Gasteiger charge is -2.14. The Morgan fingerprint density at radius 1 is 1.12 bits per heavy atom. The van der Waals surface area contributed by atoms with Crippen LogP contribution in [0, 0.1) is 6.92 Å². The van der Waals surface area contributed by atoms with E-state index in [4.69, 9.17) is 0 Å². The van der Waals surface area contributed by atoms with Crippen molar-refractivity contribution in [3.63, 3.8) is 0 Å².